The van der Waals surface area contributed by atoms with E-state index < -0.39 is 10.0 Å². The first-order valence-corrected chi connectivity index (χ1v) is 9.17. The number of halogens is 2. The van der Waals surface area contributed by atoms with Gasteiger partial charge in [0.25, 0.3) is 0 Å². The van der Waals surface area contributed by atoms with E-state index in [1.807, 2.05) is 6.92 Å². The zero-order valence-electron chi connectivity index (χ0n) is 11.9. The Morgan fingerprint density at radius 2 is 2.10 bits per heavy atom. The molecule has 1 atom stereocenters. The standard InChI is InChI=1S/C14H19Cl2NO3S/c1-2-20-10-11-4-3-7-17(9-11)21(18,19)12-5-6-13(15)14(16)8-12/h5-6,8,11H,2-4,7,9-10H2,1H3. The van der Waals surface area contributed by atoms with Crippen LogP contribution in [-0.2, 0) is 14.8 Å². The minimum Gasteiger partial charge on any atom is -0.381 e. The second-order valence-corrected chi connectivity index (χ2v) is 7.86. The molecule has 1 heterocycles. The van der Waals surface area contributed by atoms with E-state index in [2.05, 4.69) is 0 Å². The van der Waals surface area contributed by atoms with Gasteiger partial charge in [0.2, 0.25) is 10.0 Å². The van der Waals surface area contributed by atoms with Crippen LogP contribution in [0.5, 0.6) is 0 Å². The Hall–Kier alpha value is -0.330. The Balaban J connectivity index is 2.16. The molecule has 0 spiro atoms. The van der Waals surface area contributed by atoms with Crippen LogP contribution >= 0.6 is 23.2 Å². The van der Waals surface area contributed by atoms with Crippen molar-refractivity contribution >= 4 is 33.2 Å². The second-order valence-electron chi connectivity index (χ2n) is 5.11. The van der Waals surface area contributed by atoms with Crippen LogP contribution in [0.25, 0.3) is 0 Å². The lowest BCUT2D eigenvalue weighted by atomic mass is 10.0. The molecule has 118 valence electrons. The number of ether oxygens (including phenoxy) is 1. The van der Waals surface area contributed by atoms with Crippen molar-refractivity contribution in [3.8, 4) is 0 Å². The molecular weight excluding hydrogens is 333 g/mol. The predicted octanol–water partition coefficient (Wildman–Crippen LogP) is 3.43. The SMILES string of the molecule is CCOCC1CCCN(S(=O)(=O)c2ccc(Cl)c(Cl)c2)C1. The summed E-state index contributed by atoms with van der Waals surface area (Å²) in [6.45, 7) is 4.21. The van der Waals surface area contributed by atoms with Gasteiger partial charge in [-0.05, 0) is 43.9 Å². The summed E-state index contributed by atoms with van der Waals surface area (Å²) in [5, 5.41) is 0.601. The van der Waals surface area contributed by atoms with Crippen molar-refractivity contribution in [2.75, 3.05) is 26.3 Å². The molecular formula is C14H19Cl2NO3S. The van der Waals surface area contributed by atoms with E-state index in [1.54, 1.807) is 0 Å². The van der Waals surface area contributed by atoms with Gasteiger partial charge in [0.05, 0.1) is 21.5 Å². The fourth-order valence-electron chi connectivity index (χ4n) is 2.45. The lowest BCUT2D eigenvalue weighted by Crippen LogP contribution is -2.41. The summed E-state index contributed by atoms with van der Waals surface area (Å²) in [5.74, 6) is 0.247. The van der Waals surface area contributed by atoms with Gasteiger partial charge in [0.1, 0.15) is 0 Å². The fraction of sp³-hybridized carbons (Fsp3) is 0.571. The summed E-state index contributed by atoms with van der Waals surface area (Å²) in [5.41, 5.74) is 0. The van der Waals surface area contributed by atoms with E-state index in [4.69, 9.17) is 27.9 Å². The Labute approximate surface area is 136 Å². The van der Waals surface area contributed by atoms with Crippen LogP contribution in [0.15, 0.2) is 23.1 Å². The lowest BCUT2D eigenvalue weighted by molar-refractivity contribution is 0.0864. The molecule has 0 amide bonds. The molecule has 1 unspecified atom stereocenters. The summed E-state index contributed by atoms with van der Waals surface area (Å²) in [6.07, 6.45) is 1.84. The van der Waals surface area contributed by atoms with Gasteiger partial charge in [0, 0.05) is 19.7 Å². The highest BCUT2D eigenvalue weighted by atomic mass is 35.5. The topological polar surface area (TPSA) is 46.6 Å². The zero-order valence-corrected chi connectivity index (χ0v) is 14.2. The predicted molar refractivity (Wildman–Crippen MR) is 84.4 cm³/mol. The van der Waals surface area contributed by atoms with Crippen molar-refractivity contribution in [2.45, 2.75) is 24.7 Å². The van der Waals surface area contributed by atoms with Gasteiger partial charge in [-0.3, -0.25) is 0 Å². The van der Waals surface area contributed by atoms with Gasteiger partial charge < -0.3 is 4.74 Å². The van der Waals surface area contributed by atoms with Crippen molar-refractivity contribution in [1.29, 1.82) is 0 Å². The van der Waals surface area contributed by atoms with Crippen molar-refractivity contribution in [3.63, 3.8) is 0 Å². The number of hydrogen-bond donors (Lipinski definition) is 0. The van der Waals surface area contributed by atoms with Crippen molar-refractivity contribution < 1.29 is 13.2 Å². The summed E-state index contributed by atoms with van der Waals surface area (Å²) < 4.78 is 32.2. The zero-order chi connectivity index (χ0) is 15.5. The molecule has 0 radical (unpaired) electrons. The molecule has 0 N–H and O–H groups in total. The van der Waals surface area contributed by atoms with Gasteiger partial charge in [-0.25, -0.2) is 8.42 Å². The first kappa shape index (κ1) is 17.0. The fourth-order valence-corrected chi connectivity index (χ4v) is 4.40. The summed E-state index contributed by atoms with van der Waals surface area (Å²) >= 11 is 11.8. The average Bonchev–Trinajstić information content (AvgIpc) is 2.48. The number of rotatable bonds is 5. The highest BCUT2D eigenvalue weighted by Crippen LogP contribution is 2.28. The van der Waals surface area contributed by atoms with E-state index in [0.29, 0.717) is 31.3 Å². The average molecular weight is 352 g/mol. The molecule has 1 aliphatic heterocycles. The van der Waals surface area contributed by atoms with Gasteiger partial charge in [-0.2, -0.15) is 4.31 Å². The summed E-state index contributed by atoms with van der Waals surface area (Å²) in [7, 11) is -3.52. The normalized spacial score (nSPS) is 20.6. The van der Waals surface area contributed by atoms with E-state index in [1.165, 1.54) is 22.5 Å². The molecule has 1 aromatic rings. The van der Waals surface area contributed by atoms with Crippen LogP contribution in [0.3, 0.4) is 0 Å². The van der Waals surface area contributed by atoms with Crippen molar-refractivity contribution in [1.82, 2.24) is 4.31 Å². The molecule has 1 aromatic carbocycles. The van der Waals surface area contributed by atoms with Crippen LogP contribution in [0.4, 0.5) is 0 Å². The van der Waals surface area contributed by atoms with Gasteiger partial charge in [0.15, 0.2) is 0 Å². The number of nitrogens with zero attached hydrogens (tertiary/aromatic N) is 1. The number of sulfonamides is 1. The summed E-state index contributed by atoms with van der Waals surface area (Å²) in [6, 6.07) is 4.42. The molecule has 0 aromatic heterocycles. The number of benzene rings is 1. The minimum atomic E-state index is -3.52. The second kappa shape index (κ2) is 7.29. The molecule has 1 aliphatic rings. The van der Waals surface area contributed by atoms with Gasteiger partial charge >= 0.3 is 0 Å². The molecule has 0 aliphatic carbocycles. The van der Waals surface area contributed by atoms with Crippen LogP contribution in [0.2, 0.25) is 10.0 Å². The van der Waals surface area contributed by atoms with E-state index >= 15 is 0 Å². The number of piperidine rings is 1. The van der Waals surface area contributed by atoms with Crippen LogP contribution in [-0.4, -0.2) is 39.0 Å². The third-order valence-corrected chi connectivity index (χ3v) is 6.17. The number of hydrogen-bond acceptors (Lipinski definition) is 3. The maximum atomic E-state index is 12.7. The van der Waals surface area contributed by atoms with Crippen LogP contribution < -0.4 is 0 Å². The van der Waals surface area contributed by atoms with Crippen molar-refractivity contribution in [2.24, 2.45) is 5.92 Å². The summed E-state index contributed by atoms with van der Waals surface area (Å²) in [4.78, 5) is 0.189. The molecule has 0 bridgehead atoms. The van der Waals surface area contributed by atoms with Gasteiger partial charge in [-0.15, -0.1) is 0 Å². The van der Waals surface area contributed by atoms with E-state index in [0.717, 1.165) is 12.8 Å². The molecule has 2 rings (SSSR count). The monoisotopic (exact) mass is 351 g/mol. The molecule has 0 saturated carbocycles. The highest BCUT2D eigenvalue weighted by molar-refractivity contribution is 7.89. The molecule has 7 heteroatoms. The third kappa shape index (κ3) is 4.11. The molecule has 1 fully saturated rings. The Morgan fingerprint density at radius 3 is 2.76 bits per heavy atom. The smallest absolute Gasteiger partial charge is 0.243 e. The van der Waals surface area contributed by atoms with Crippen LogP contribution in [0.1, 0.15) is 19.8 Å². The largest absolute Gasteiger partial charge is 0.381 e. The Morgan fingerprint density at radius 1 is 1.33 bits per heavy atom. The van der Waals surface area contributed by atoms with E-state index in [9.17, 15) is 8.42 Å². The minimum absolute atomic E-state index is 0.189. The molecule has 1 saturated heterocycles. The third-order valence-electron chi connectivity index (χ3n) is 3.57. The Bertz CT molecular complexity index is 592. The Kier molecular flexibility index (Phi) is 5.91. The highest BCUT2D eigenvalue weighted by Gasteiger charge is 2.30. The van der Waals surface area contributed by atoms with E-state index in [-0.39, 0.29) is 15.8 Å². The van der Waals surface area contributed by atoms with Crippen LogP contribution in [0, 0.1) is 5.92 Å². The first-order valence-electron chi connectivity index (χ1n) is 6.98. The first-order chi connectivity index (χ1) is 9.95. The maximum absolute atomic E-state index is 12.7. The molecule has 21 heavy (non-hydrogen) atoms. The van der Waals surface area contributed by atoms with Gasteiger partial charge in [-0.1, -0.05) is 23.2 Å². The molecule has 4 nitrogen and oxygen atoms in total. The lowest BCUT2D eigenvalue weighted by Gasteiger charge is -2.31. The quantitative estimate of drug-likeness (QED) is 0.816. The maximum Gasteiger partial charge on any atom is 0.243 e. The van der Waals surface area contributed by atoms with Crippen molar-refractivity contribution in [3.05, 3.63) is 28.2 Å².